The van der Waals surface area contributed by atoms with E-state index in [-0.39, 0.29) is 27.0 Å². The standard InChI is InChI=1S/C17H18F6N4OS/c1-8-12(29-14(26-8)13(28)25-7-16(18,19)20)9-6-24-11(27-15(2,3)4)5-10(9)17(21,22)23/h5-6H,7H2,1-4H3,(H,24,27)(H,25,28). The number of thiazole rings is 1. The van der Waals surface area contributed by atoms with Crippen molar-refractivity contribution in [2.75, 3.05) is 11.9 Å². The quantitative estimate of drug-likeness (QED) is 0.654. The topological polar surface area (TPSA) is 66.9 Å². The Morgan fingerprint density at radius 3 is 2.28 bits per heavy atom. The lowest BCUT2D eigenvalue weighted by molar-refractivity contribution is -0.137. The predicted octanol–water partition coefficient (Wildman–Crippen LogP) is 5.03. The molecule has 0 aromatic carbocycles. The third kappa shape index (κ3) is 6.31. The summed E-state index contributed by atoms with van der Waals surface area (Å²) in [4.78, 5) is 19.7. The second-order valence-corrected chi connectivity index (χ2v) is 8.22. The number of alkyl halides is 6. The van der Waals surface area contributed by atoms with Crippen LogP contribution in [-0.2, 0) is 6.18 Å². The minimum Gasteiger partial charge on any atom is -0.365 e. The number of nitrogens with one attached hydrogen (secondary N) is 2. The summed E-state index contributed by atoms with van der Waals surface area (Å²) in [5.74, 6) is -1.10. The van der Waals surface area contributed by atoms with Crippen LogP contribution in [0.5, 0.6) is 0 Å². The molecule has 1 amide bonds. The number of amides is 1. The smallest absolute Gasteiger partial charge is 0.365 e. The Kier molecular flexibility index (Phi) is 6.17. The van der Waals surface area contributed by atoms with Crippen LogP contribution in [0.4, 0.5) is 32.2 Å². The molecule has 0 aliphatic heterocycles. The number of rotatable bonds is 4. The molecule has 0 radical (unpaired) electrons. The van der Waals surface area contributed by atoms with Gasteiger partial charge >= 0.3 is 12.4 Å². The molecule has 0 atom stereocenters. The van der Waals surface area contributed by atoms with Crippen LogP contribution in [0, 0.1) is 6.92 Å². The summed E-state index contributed by atoms with van der Waals surface area (Å²) in [5, 5.41) is 4.13. The highest BCUT2D eigenvalue weighted by Crippen LogP contribution is 2.41. The normalized spacial score (nSPS) is 12.8. The molecule has 0 fully saturated rings. The molecule has 0 bridgehead atoms. The summed E-state index contributed by atoms with van der Waals surface area (Å²) in [6, 6.07) is 0.850. The number of nitrogens with zero attached hydrogens (tertiary/aromatic N) is 2. The Labute approximate surface area is 166 Å². The van der Waals surface area contributed by atoms with Gasteiger partial charge in [0.2, 0.25) is 0 Å². The average molecular weight is 440 g/mol. The van der Waals surface area contributed by atoms with E-state index in [9.17, 15) is 31.1 Å². The first-order valence-corrected chi connectivity index (χ1v) is 9.06. The van der Waals surface area contributed by atoms with Crippen LogP contribution in [0.1, 0.15) is 41.8 Å². The lowest BCUT2D eigenvalue weighted by atomic mass is 10.1. The van der Waals surface area contributed by atoms with E-state index in [1.807, 2.05) is 0 Å². The lowest BCUT2D eigenvalue weighted by Gasteiger charge is -2.22. The number of halogens is 6. The average Bonchev–Trinajstić information content (AvgIpc) is 2.91. The van der Waals surface area contributed by atoms with Crippen molar-refractivity contribution in [1.82, 2.24) is 15.3 Å². The van der Waals surface area contributed by atoms with Crippen molar-refractivity contribution in [2.24, 2.45) is 0 Å². The van der Waals surface area contributed by atoms with Crippen LogP contribution >= 0.6 is 11.3 Å². The van der Waals surface area contributed by atoms with Gasteiger partial charge in [-0.25, -0.2) is 9.97 Å². The number of pyridine rings is 1. The van der Waals surface area contributed by atoms with E-state index >= 15 is 0 Å². The van der Waals surface area contributed by atoms with E-state index in [1.165, 1.54) is 6.92 Å². The number of aromatic nitrogens is 2. The maximum atomic E-state index is 13.6. The third-order valence-electron chi connectivity index (χ3n) is 3.40. The molecule has 12 heteroatoms. The van der Waals surface area contributed by atoms with Crippen molar-refractivity contribution in [2.45, 2.75) is 45.6 Å². The molecule has 29 heavy (non-hydrogen) atoms. The molecule has 5 nitrogen and oxygen atoms in total. The van der Waals surface area contributed by atoms with E-state index < -0.39 is 35.9 Å². The number of carbonyl (C=O) groups is 1. The Balaban J connectivity index is 2.44. The van der Waals surface area contributed by atoms with Gasteiger partial charge in [0.15, 0.2) is 5.01 Å². The second-order valence-electron chi connectivity index (χ2n) is 7.22. The molecule has 160 valence electrons. The fraction of sp³-hybridized carbons (Fsp3) is 0.471. The van der Waals surface area contributed by atoms with Crippen LogP contribution in [-0.4, -0.2) is 34.1 Å². The number of carbonyl (C=O) groups excluding carboxylic acids is 1. The van der Waals surface area contributed by atoms with Crippen molar-refractivity contribution in [1.29, 1.82) is 0 Å². The molecule has 0 saturated carbocycles. The highest BCUT2D eigenvalue weighted by molar-refractivity contribution is 7.17. The first-order valence-electron chi connectivity index (χ1n) is 8.25. The molecule has 2 aromatic rings. The second kappa shape index (κ2) is 7.81. The molecule has 2 rings (SSSR count). The highest BCUT2D eigenvalue weighted by atomic mass is 32.1. The van der Waals surface area contributed by atoms with Crippen LogP contribution < -0.4 is 10.6 Å². The van der Waals surface area contributed by atoms with Crippen LogP contribution in [0.3, 0.4) is 0 Å². The SMILES string of the molecule is Cc1nc(C(=O)NCC(F)(F)F)sc1-c1cnc(NC(C)(C)C)cc1C(F)(F)F. The molecule has 0 aliphatic carbocycles. The van der Waals surface area contributed by atoms with E-state index in [4.69, 9.17) is 0 Å². The number of aryl methyl sites for hydroxylation is 1. The minimum atomic E-state index is -4.72. The van der Waals surface area contributed by atoms with Crippen molar-refractivity contribution < 1.29 is 31.1 Å². The first-order chi connectivity index (χ1) is 13.1. The van der Waals surface area contributed by atoms with Crippen molar-refractivity contribution in [3.8, 4) is 10.4 Å². The Hall–Kier alpha value is -2.37. The maximum Gasteiger partial charge on any atom is 0.417 e. The number of anilines is 1. The summed E-state index contributed by atoms with van der Waals surface area (Å²) in [6.07, 6.45) is -8.33. The van der Waals surface area contributed by atoms with Gasteiger partial charge in [0, 0.05) is 17.3 Å². The summed E-state index contributed by atoms with van der Waals surface area (Å²) < 4.78 is 77.6. The molecule has 2 aromatic heterocycles. The van der Waals surface area contributed by atoms with Gasteiger partial charge in [-0.1, -0.05) is 0 Å². The molecule has 0 saturated heterocycles. The van der Waals surface area contributed by atoms with E-state index in [0.717, 1.165) is 12.3 Å². The van der Waals surface area contributed by atoms with Gasteiger partial charge in [-0.15, -0.1) is 11.3 Å². The molecule has 0 spiro atoms. The Morgan fingerprint density at radius 1 is 1.14 bits per heavy atom. The zero-order valence-electron chi connectivity index (χ0n) is 15.8. The maximum absolute atomic E-state index is 13.6. The van der Waals surface area contributed by atoms with Gasteiger partial charge in [0.1, 0.15) is 12.4 Å². The van der Waals surface area contributed by atoms with Crippen molar-refractivity contribution in [3.05, 3.63) is 28.5 Å². The molecular weight excluding hydrogens is 422 g/mol. The van der Waals surface area contributed by atoms with Gasteiger partial charge in [0.25, 0.3) is 5.91 Å². The zero-order chi connectivity index (χ0) is 22.2. The fourth-order valence-corrected chi connectivity index (χ4v) is 3.33. The van der Waals surface area contributed by atoms with Gasteiger partial charge in [0.05, 0.1) is 16.1 Å². The van der Waals surface area contributed by atoms with Crippen LogP contribution in [0.15, 0.2) is 12.3 Å². The number of hydrogen-bond donors (Lipinski definition) is 2. The lowest BCUT2D eigenvalue weighted by Crippen LogP contribution is -2.33. The van der Waals surface area contributed by atoms with Gasteiger partial charge in [-0.3, -0.25) is 4.79 Å². The monoisotopic (exact) mass is 440 g/mol. The van der Waals surface area contributed by atoms with E-state index in [1.54, 1.807) is 26.1 Å². The van der Waals surface area contributed by atoms with Gasteiger partial charge in [-0.2, -0.15) is 26.3 Å². The summed E-state index contributed by atoms with van der Waals surface area (Å²) in [7, 11) is 0. The van der Waals surface area contributed by atoms with Crippen molar-refractivity contribution in [3.63, 3.8) is 0 Å². The highest BCUT2D eigenvalue weighted by Gasteiger charge is 2.36. The van der Waals surface area contributed by atoms with Crippen molar-refractivity contribution >= 4 is 23.1 Å². The first kappa shape index (κ1) is 22.9. The van der Waals surface area contributed by atoms with E-state index in [2.05, 4.69) is 15.3 Å². The predicted molar refractivity (Wildman–Crippen MR) is 96.8 cm³/mol. The fourth-order valence-electron chi connectivity index (χ4n) is 2.32. The largest absolute Gasteiger partial charge is 0.417 e. The zero-order valence-corrected chi connectivity index (χ0v) is 16.7. The molecule has 2 heterocycles. The Morgan fingerprint density at radius 2 is 1.76 bits per heavy atom. The number of hydrogen-bond acceptors (Lipinski definition) is 5. The molecule has 2 N–H and O–H groups in total. The third-order valence-corrected chi connectivity index (χ3v) is 4.59. The summed E-state index contributed by atoms with van der Waals surface area (Å²) in [5.41, 5.74) is -1.74. The molecule has 0 aliphatic rings. The van der Waals surface area contributed by atoms with E-state index in [0.29, 0.717) is 11.3 Å². The van der Waals surface area contributed by atoms with Gasteiger partial charge < -0.3 is 10.6 Å². The summed E-state index contributed by atoms with van der Waals surface area (Å²) in [6.45, 7) is 5.08. The van der Waals surface area contributed by atoms with Crippen LogP contribution in [0.25, 0.3) is 10.4 Å². The van der Waals surface area contributed by atoms with Gasteiger partial charge in [-0.05, 0) is 33.8 Å². The van der Waals surface area contributed by atoms with Crippen LogP contribution in [0.2, 0.25) is 0 Å². The Bertz CT molecular complexity index is 899. The minimum absolute atomic E-state index is 0.00397. The molecule has 0 unspecified atom stereocenters. The molecular formula is C17H18F6N4OS. The summed E-state index contributed by atoms with van der Waals surface area (Å²) >= 11 is 0.570.